The highest BCUT2D eigenvalue weighted by atomic mass is 79.9. The van der Waals surface area contributed by atoms with E-state index in [9.17, 15) is 5.11 Å². The van der Waals surface area contributed by atoms with Gasteiger partial charge in [-0.05, 0) is 58.2 Å². The lowest BCUT2D eigenvalue weighted by molar-refractivity contribution is 0.474. The molecule has 6 heteroatoms. The molecular weight excluding hydrogens is 344 g/mol. The van der Waals surface area contributed by atoms with Crippen LogP contribution in [0.1, 0.15) is 12.5 Å². The van der Waals surface area contributed by atoms with Crippen molar-refractivity contribution < 1.29 is 5.11 Å². The van der Waals surface area contributed by atoms with Crippen LogP contribution in [-0.2, 0) is 6.42 Å². The van der Waals surface area contributed by atoms with Gasteiger partial charge in [0.1, 0.15) is 10.4 Å². The lowest BCUT2D eigenvalue weighted by Gasteiger charge is -2.08. The lowest BCUT2D eigenvalue weighted by atomic mass is 10.1. The Morgan fingerprint density at radius 1 is 1.23 bits per heavy atom. The molecule has 0 amide bonds. The summed E-state index contributed by atoms with van der Waals surface area (Å²) in [6, 6.07) is 12.9. The number of pyridine rings is 1. The fraction of sp³-hybridized carbons (Fsp3) is 0.125. The molecule has 2 heterocycles. The number of benzene rings is 1. The molecule has 0 bridgehead atoms. The van der Waals surface area contributed by atoms with Crippen LogP contribution in [-0.4, -0.2) is 20.3 Å². The third-order valence-corrected chi connectivity index (χ3v) is 3.74. The Labute approximate surface area is 136 Å². The maximum absolute atomic E-state index is 9.55. The van der Waals surface area contributed by atoms with Gasteiger partial charge in [0, 0.05) is 11.8 Å². The van der Waals surface area contributed by atoms with E-state index in [1.165, 1.54) is 0 Å². The number of phenolic OH excluding ortho intramolecular Hbond substituents is 1. The van der Waals surface area contributed by atoms with Crippen molar-refractivity contribution in [2.24, 2.45) is 0 Å². The van der Waals surface area contributed by atoms with E-state index in [4.69, 9.17) is 0 Å². The van der Waals surface area contributed by atoms with Crippen LogP contribution >= 0.6 is 15.9 Å². The summed E-state index contributed by atoms with van der Waals surface area (Å²) in [5.41, 5.74) is 3.61. The average Bonchev–Trinajstić information content (AvgIpc) is 2.97. The van der Waals surface area contributed by atoms with Gasteiger partial charge in [0.15, 0.2) is 5.82 Å². The van der Waals surface area contributed by atoms with Gasteiger partial charge < -0.3 is 10.4 Å². The number of hydrogen-bond acceptors (Lipinski definition) is 4. The van der Waals surface area contributed by atoms with E-state index in [1.807, 2.05) is 37.3 Å². The molecule has 0 unspecified atom stereocenters. The van der Waals surface area contributed by atoms with E-state index in [0.29, 0.717) is 5.82 Å². The first-order valence-corrected chi connectivity index (χ1v) is 7.72. The van der Waals surface area contributed by atoms with Crippen molar-refractivity contribution in [2.75, 3.05) is 5.32 Å². The van der Waals surface area contributed by atoms with Crippen molar-refractivity contribution in [1.82, 2.24) is 15.2 Å². The van der Waals surface area contributed by atoms with Crippen LogP contribution in [0.4, 0.5) is 11.5 Å². The van der Waals surface area contributed by atoms with Crippen LogP contribution in [0.3, 0.4) is 0 Å². The molecular formula is C16H15BrN4O. The Balaban J connectivity index is 1.86. The van der Waals surface area contributed by atoms with Crippen LogP contribution in [0.25, 0.3) is 11.4 Å². The Kier molecular flexibility index (Phi) is 4.11. The Morgan fingerprint density at radius 2 is 2.09 bits per heavy atom. The molecule has 0 spiro atoms. The number of nitrogens with zero attached hydrogens (tertiary/aromatic N) is 2. The normalized spacial score (nSPS) is 10.6. The smallest absolute Gasteiger partial charge is 0.152 e. The highest BCUT2D eigenvalue weighted by Crippen LogP contribution is 2.26. The van der Waals surface area contributed by atoms with Gasteiger partial charge in [0.2, 0.25) is 0 Å². The molecule has 0 aliphatic heterocycles. The zero-order chi connectivity index (χ0) is 15.5. The summed E-state index contributed by atoms with van der Waals surface area (Å²) in [5.74, 6) is 0.973. The molecule has 5 nitrogen and oxygen atoms in total. The van der Waals surface area contributed by atoms with Crippen molar-refractivity contribution in [1.29, 1.82) is 0 Å². The van der Waals surface area contributed by atoms with Gasteiger partial charge in [-0.15, -0.1) is 0 Å². The number of phenols is 1. The summed E-state index contributed by atoms with van der Waals surface area (Å²) in [7, 11) is 0. The molecule has 1 aromatic carbocycles. The Bertz CT molecular complexity index is 800. The second kappa shape index (κ2) is 6.19. The van der Waals surface area contributed by atoms with E-state index in [2.05, 4.69) is 36.4 Å². The number of halogens is 1. The molecule has 0 radical (unpaired) electrons. The maximum atomic E-state index is 9.55. The van der Waals surface area contributed by atoms with E-state index in [1.54, 1.807) is 12.1 Å². The topological polar surface area (TPSA) is 73.8 Å². The quantitative estimate of drug-likeness (QED) is 0.481. The van der Waals surface area contributed by atoms with Crippen LogP contribution in [0.15, 0.2) is 47.1 Å². The van der Waals surface area contributed by atoms with E-state index in [-0.39, 0.29) is 5.75 Å². The first kappa shape index (κ1) is 14.6. The number of aryl methyl sites for hydroxylation is 1. The van der Waals surface area contributed by atoms with Crippen LogP contribution in [0, 0.1) is 0 Å². The molecule has 0 saturated carbocycles. The van der Waals surface area contributed by atoms with Gasteiger partial charge in [0.05, 0.1) is 11.4 Å². The second-order valence-electron chi connectivity index (χ2n) is 4.83. The van der Waals surface area contributed by atoms with E-state index in [0.717, 1.165) is 33.7 Å². The third-order valence-electron chi connectivity index (χ3n) is 3.30. The number of aromatic nitrogens is 3. The maximum Gasteiger partial charge on any atom is 0.152 e. The SMILES string of the molecule is CCc1cc(O)ccc1Nc1cc(-c2cccc(Br)n2)[nH]n1. The molecule has 0 aliphatic carbocycles. The zero-order valence-electron chi connectivity index (χ0n) is 12.0. The van der Waals surface area contributed by atoms with E-state index < -0.39 is 0 Å². The Morgan fingerprint density at radius 3 is 2.86 bits per heavy atom. The number of H-pyrrole nitrogens is 1. The molecule has 112 valence electrons. The molecule has 0 atom stereocenters. The predicted molar refractivity (Wildman–Crippen MR) is 90.3 cm³/mol. The molecule has 0 aliphatic rings. The van der Waals surface area contributed by atoms with Crippen molar-refractivity contribution >= 4 is 27.4 Å². The molecule has 3 rings (SSSR count). The summed E-state index contributed by atoms with van der Waals surface area (Å²) >= 11 is 3.36. The molecule has 3 N–H and O–H groups in total. The summed E-state index contributed by atoms with van der Waals surface area (Å²) in [6.07, 6.45) is 0.821. The number of aromatic hydroxyl groups is 1. The van der Waals surface area contributed by atoms with Gasteiger partial charge in [-0.2, -0.15) is 5.10 Å². The summed E-state index contributed by atoms with van der Waals surface area (Å²) < 4.78 is 0.779. The number of hydrogen-bond donors (Lipinski definition) is 3. The van der Waals surface area contributed by atoms with Crippen molar-refractivity contribution in [3.8, 4) is 17.1 Å². The highest BCUT2D eigenvalue weighted by Gasteiger charge is 2.08. The standard InChI is InChI=1S/C16H15BrN4O/c1-2-10-8-11(22)6-7-12(10)19-16-9-14(20-21-16)13-4-3-5-15(17)18-13/h3-9,22H,2H2,1H3,(H2,19,20,21). The molecule has 22 heavy (non-hydrogen) atoms. The van der Waals surface area contributed by atoms with Crippen molar-refractivity contribution in [2.45, 2.75) is 13.3 Å². The molecule has 2 aromatic heterocycles. The average molecular weight is 359 g/mol. The molecule has 3 aromatic rings. The summed E-state index contributed by atoms with van der Waals surface area (Å²) in [6.45, 7) is 2.04. The number of nitrogens with one attached hydrogen (secondary N) is 2. The largest absolute Gasteiger partial charge is 0.508 e. The van der Waals surface area contributed by atoms with E-state index >= 15 is 0 Å². The fourth-order valence-corrected chi connectivity index (χ4v) is 2.55. The summed E-state index contributed by atoms with van der Waals surface area (Å²) in [5, 5.41) is 20.0. The minimum atomic E-state index is 0.267. The number of anilines is 2. The van der Waals surface area contributed by atoms with Gasteiger partial charge in [-0.25, -0.2) is 4.98 Å². The zero-order valence-corrected chi connectivity index (χ0v) is 13.6. The van der Waals surface area contributed by atoms with Crippen LogP contribution in [0.5, 0.6) is 5.75 Å². The third kappa shape index (κ3) is 3.12. The second-order valence-corrected chi connectivity index (χ2v) is 5.64. The fourth-order valence-electron chi connectivity index (χ4n) is 2.21. The minimum absolute atomic E-state index is 0.267. The van der Waals surface area contributed by atoms with Crippen LogP contribution in [0.2, 0.25) is 0 Å². The van der Waals surface area contributed by atoms with Crippen molar-refractivity contribution in [3.05, 3.63) is 52.6 Å². The first-order valence-electron chi connectivity index (χ1n) is 6.93. The lowest BCUT2D eigenvalue weighted by Crippen LogP contribution is -1.95. The van der Waals surface area contributed by atoms with Gasteiger partial charge in [0.25, 0.3) is 0 Å². The molecule has 0 fully saturated rings. The summed E-state index contributed by atoms with van der Waals surface area (Å²) in [4.78, 5) is 4.39. The molecule has 0 saturated heterocycles. The minimum Gasteiger partial charge on any atom is -0.508 e. The van der Waals surface area contributed by atoms with Gasteiger partial charge in [-0.1, -0.05) is 13.0 Å². The Hall–Kier alpha value is -2.34. The number of aromatic amines is 1. The van der Waals surface area contributed by atoms with Crippen molar-refractivity contribution in [3.63, 3.8) is 0 Å². The number of rotatable bonds is 4. The van der Waals surface area contributed by atoms with Crippen LogP contribution < -0.4 is 5.32 Å². The van der Waals surface area contributed by atoms with Gasteiger partial charge in [-0.3, -0.25) is 5.10 Å². The van der Waals surface area contributed by atoms with Gasteiger partial charge >= 0.3 is 0 Å². The predicted octanol–water partition coefficient (Wildman–Crippen LogP) is 4.25. The highest BCUT2D eigenvalue weighted by molar-refractivity contribution is 9.10. The monoisotopic (exact) mass is 358 g/mol. The first-order chi connectivity index (χ1) is 10.7.